The van der Waals surface area contributed by atoms with Crippen molar-refractivity contribution in [3.05, 3.63) is 82.4 Å². The molecule has 0 bridgehead atoms. The molecule has 5 nitrogen and oxygen atoms in total. The minimum Gasteiger partial charge on any atom is -0.388 e. The third kappa shape index (κ3) is 2.80. The number of fused-ring (bicyclic) bond motifs is 1. The second-order valence-corrected chi connectivity index (χ2v) is 7.20. The van der Waals surface area contributed by atoms with Crippen LogP contribution in [0, 0.1) is 0 Å². The lowest BCUT2D eigenvalue weighted by atomic mass is 10.2. The Kier molecular flexibility index (Phi) is 4.20. The second-order valence-electron chi connectivity index (χ2n) is 7.20. The summed E-state index contributed by atoms with van der Waals surface area (Å²) in [5, 5.41) is 4.20. The third-order valence-corrected chi connectivity index (χ3v) is 5.35. The standard InChI is InChI=1S/C23H22N4O/c28-23-21(19-14-8-3-9-15-24-19)22-25-20(17-10-4-1-5-11-17)16-26(22)27(23)18-12-6-2-7-13-18/h1-2,4-7,10-13,16,24H,3,8-9,14-15H2. The average Bonchev–Trinajstić information content (AvgIpc) is 3.13. The molecule has 0 unspecified atom stereocenters. The molecular weight excluding hydrogens is 348 g/mol. The lowest BCUT2D eigenvalue weighted by Crippen LogP contribution is -2.33. The van der Waals surface area contributed by atoms with Gasteiger partial charge in [-0.3, -0.25) is 4.79 Å². The lowest BCUT2D eigenvalue weighted by Gasteiger charge is -2.04. The molecule has 1 N–H and O–H groups in total. The van der Waals surface area contributed by atoms with Crippen LogP contribution in [0.4, 0.5) is 0 Å². The van der Waals surface area contributed by atoms with Crippen molar-refractivity contribution in [1.82, 2.24) is 19.5 Å². The highest BCUT2D eigenvalue weighted by molar-refractivity contribution is 5.65. The van der Waals surface area contributed by atoms with Crippen LogP contribution in [0.25, 0.3) is 28.3 Å². The van der Waals surface area contributed by atoms with E-state index in [4.69, 9.17) is 4.98 Å². The molecule has 0 radical (unpaired) electrons. The number of aromatic nitrogens is 3. The quantitative estimate of drug-likeness (QED) is 0.590. The number of nitrogens with one attached hydrogen (secondary N) is 1. The normalized spacial score (nSPS) is 16.7. The largest absolute Gasteiger partial charge is 0.388 e. The van der Waals surface area contributed by atoms with E-state index < -0.39 is 0 Å². The zero-order chi connectivity index (χ0) is 18.9. The highest BCUT2D eigenvalue weighted by atomic mass is 16.1. The van der Waals surface area contributed by atoms with Gasteiger partial charge in [-0.25, -0.2) is 14.2 Å². The van der Waals surface area contributed by atoms with Gasteiger partial charge in [0.2, 0.25) is 0 Å². The minimum atomic E-state index is -0.0160. The number of hydrogen-bond acceptors (Lipinski definition) is 3. The van der Waals surface area contributed by atoms with Gasteiger partial charge in [0.05, 0.1) is 17.6 Å². The van der Waals surface area contributed by atoms with E-state index in [0.717, 1.165) is 54.1 Å². The number of nitrogens with zero attached hydrogens (tertiary/aromatic N) is 3. The van der Waals surface area contributed by atoms with Crippen molar-refractivity contribution in [2.45, 2.75) is 25.7 Å². The molecular formula is C23H22N4O. The van der Waals surface area contributed by atoms with Crippen molar-refractivity contribution in [3.8, 4) is 16.9 Å². The molecule has 2 aromatic heterocycles. The fourth-order valence-corrected chi connectivity index (χ4v) is 3.96. The summed E-state index contributed by atoms with van der Waals surface area (Å²) < 4.78 is 3.62. The van der Waals surface area contributed by atoms with E-state index in [1.807, 2.05) is 71.4 Å². The van der Waals surface area contributed by atoms with Gasteiger partial charge >= 0.3 is 0 Å². The first kappa shape index (κ1) is 16.8. The van der Waals surface area contributed by atoms with Crippen LogP contribution in [-0.2, 0) is 0 Å². The van der Waals surface area contributed by atoms with E-state index in [1.54, 1.807) is 4.68 Å². The molecule has 5 heteroatoms. The maximum Gasteiger partial charge on any atom is 0.283 e. The van der Waals surface area contributed by atoms with E-state index >= 15 is 0 Å². The first-order valence-electron chi connectivity index (χ1n) is 9.85. The van der Waals surface area contributed by atoms with Crippen molar-refractivity contribution in [3.63, 3.8) is 0 Å². The number of para-hydroxylation sites is 1. The smallest absolute Gasteiger partial charge is 0.283 e. The van der Waals surface area contributed by atoms with Gasteiger partial charge in [0.25, 0.3) is 5.56 Å². The monoisotopic (exact) mass is 370 g/mol. The minimum absolute atomic E-state index is 0.0160. The maximum absolute atomic E-state index is 13.5. The Hall–Kier alpha value is -3.34. The van der Waals surface area contributed by atoms with Crippen LogP contribution in [0.15, 0.2) is 71.7 Å². The summed E-state index contributed by atoms with van der Waals surface area (Å²) in [5.41, 5.74) is 4.48. The molecule has 1 saturated heterocycles. The molecule has 0 aliphatic carbocycles. The topological polar surface area (TPSA) is 51.3 Å². The predicted octanol–water partition coefficient (Wildman–Crippen LogP) is 3.14. The third-order valence-electron chi connectivity index (χ3n) is 5.35. The zero-order valence-electron chi connectivity index (χ0n) is 15.6. The number of hydrogen-bond donors (Lipinski definition) is 1. The molecule has 1 aliphatic rings. The van der Waals surface area contributed by atoms with Crippen LogP contribution in [0.2, 0.25) is 0 Å². The highest BCUT2D eigenvalue weighted by Gasteiger charge is 2.19. The van der Waals surface area contributed by atoms with E-state index in [0.29, 0.717) is 5.22 Å². The van der Waals surface area contributed by atoms with Gasteiger partial charge in [-0.2, -0.15) is 0 Å². The first-order chi connectivity index (χ1) is 13.8. The summed E-state index contributed by atoms with van der Waals surface area (Å²) in [6.45, 7) is 0.906. The summed E-state index contributed by atoms with van der Waals surface area (Å²) in [5.74, 6) is 0. The Morgan fingerprint density at radius 2 is 1.64 bits per heavy atom. The molecule has 4 aromatic rings. The molecule has 2 aromatic carbocycles. The Labute approximate surface area is 162 Å². The van der Waals surface area contributed by atoms with Crippen LogP contribution in [0.3, 0.4) is 0 Å². The maximum atomic E-state index is 13.5. The second kappa shape index (κ2) is 7.00. The molecule has 0 amide bonds. The van der Waals surface area contributed by atoms with E-state index in [2.05, 4.69) is 5.32 Å². The van der Waals surface area contributed by atoms with Gasteiger partial charge in [-0.15, -0.1) is 0 Å². The number of rotatable bonds is 2. The van der Waals surface area contributed by atoms with Gasteiger partial charge in [0.1, 0.15) is 5.22 Å². The van der Waals surface area contributed by atoms with E-state index in [9.17, 15) is 4.79 Å². The van der Waals surface area contributed by atoms with Gasteiger partial charge in [-0.05, 0) is 31.4 Å². The Bertz CT molecular complexity index is 1210. The van der Waals surface area contributed by atoms with E-state index in [1.165, 1.54) is 6.42 Å². The van der Waals surface area contributed by atoms with Gasteiger partial charge in [0, 0.05) is 17.8 Å². The first-order valence-corrected chi connectivity index (χ1v) is 9.85. The Balaban J connectivity index is 1.84. The summed E-state index contributed by atoms with van der Waals surface area (Å²) in [4.78, 5) is 18.3. The van der Waals surface area contributed by atoms with Crippen molar-refractivity contribution in [1.29, 1.82) is 0 Å². The average molecular weight is 370 g/mol. The fraction of sp³-hybridized carbons (Fsp3) is 0.217. The van der Waals surface area contributed by atoms with Crippen LogP contribution in [0.5, 0.6) is 0 Å². The Morgan fingerprint density at radius 1 is 0.893 bits per heavy atom. The van der Waals surface area contributed by atoms with Crippen LogP contribution in [0.1, 0.15) is 25.7 Å². The van der Waals surface area contributed by atoms with Gasteiger partial charge in [0.15, 0.2) is 5.65 Å². The SMILES string of the molecule is O=c1c(=C2CCCCCN2)c2nc(-c3ccccc3)cn2n1-c1ccccc1. The molecule has 28 heavy (non-hydrogen) atoms. The fourth-order valence-electron chi connectivity index (χ4n) is 3.96. The summed E-state index contributed by atoms with van der Waals surface area (Å²) in [6.07, 6.45) is 6.26. The van der Waals surface area contributed by atoms with Crippen LogP contribution >= 0.6 is 0 Å². The van der Waals surface area contributed by atoms with Crippen molar-refractivity contribution < 1.29 is 0 Å². The van der Waals surface area contributed by atoms with Gasteiger partial charge < -0.3 is 5.32 Å². The number of benzene rings is 2. The van der Waals surface area contributed by atoms with Crippen LogP contribution < -0.4 is 16.1 Å². The molecule has 0 atom stereocenters. The highest BCUT2D eigenvalue weighted by Crippen LogP contribution is 2.19. The van der Waals surface area contributed by atoms with E-state index in [-0.39, 0.29) is 5.56 Å². The van der Waals surface area contributed by atoms with Crippen molar-refractivity contribution in [2.24, 2.45) is 0 Å². The Morgan fingerprint density at radius 3 is 2.43 bits per heavy atom. The van der Waals surface area contributed by atoms with Gasteiger partial charge in [-0.1, -0.05) is 55.0 Å². The molecule has 0 spiro atoms. The van der Waals surface area contributed by atoms with Crippen molar-refractivity contribution in [2.75, 3.05) is 6.54 Å². The molecule has 5 rings (SSSR count). The molecule has 1 fully saturated rings. The number of imidazole rings is 1. The summed E-state index contributed by atoms with van der Waals surface area (Å²) in [6, 6.07) is 19.9. The van der Waals surface area contributed by atoms with Crippen LogP contribution in [-0.4, -0.2) is 20.7 Å². The molecule has 1 aliphatic heterocycles. The lowest BCUT2D eigenvalue weighted by molar-refractivity contribution is 0.721. The predicted molar refractivity (Wildman–Crippen MR) is 111 cm³/mol. The summed E-state index contributed by atoms with van der Waals surface area (Å²) in [7, 11) is 0. The molecule has 0 saturated carbocycles. The van der Waals surface area contributed by atoms with Crippen molar-refractivity contribution >= 4 is 11.3 Å². The summed E-state index contributed by atoms with van der Waals surface area (Å²) >= 11 is 0. The zero-order valence-corrected chi connectivity index (χ0v) is 15.6. The molecule has 140 valence electrons. The molecule has 3 heterocycles.